The molecule has 1 aromatic rings. The maximum Gasteiger partial charge on any atom is 0.408 e. The molecule has 0 aromatic heterocycles. The lowest BCUT2D eigenvalue weighted by Gasteiger charge is -2.30. The van der Waals surface area contributed by atoms with Crippen molar-refractivity contribution >= 4 is 47.6 Å². The maximum absolute atomic E-state index is 13.9. The number of hydrogen-bond acceptors (Lipinski definition) is 12. The Morgan fingerprint density at radius 2 is 1.25 bits per heavy atom. The number of esters is 3. The van der Waals surface area contributed by atoms with Gasteiger partial charge in [-0.15, -0.1) is 0 Å². The molecule has 0 radical (unpaired) electrons. The minimum Gasteiger partial charge on any atom is -0.463 e. The highest BCUT2D eigenvalue weighted by atomic mass is 16.6. The Labute approximate surface area is 328 Å². The topological polar surface area (TPSA) is 225 Å². The van der Waals surface area contributed by atoms with Crippen molar-refractivity contribution in [2.24, 2.45) is 11.8 Å². The first-order valence-corrected chi connectivity index (χ1v) is 18.4. The molecule has 0 unspecified atom stereocenters. The van der Waals surface area contributed by atoms with Crippen molar-refractivity contribution in [1.82, 2.24) is 26.4 Å². The zero-order chi connectivity index (χ0) is 42.8. The van der Waals surface area contributed by atoms with Gasteiger partial charge in [0.15, 0.2) is 0 Å². The second-order valence-electron chi connectivity index (χ2n) is 15.4. The summed E-state index contributed by atoms with van der Waals surface area (Å²) in [5.74, 6) is -7.05. The van der Waals surface area contributed by atoms with Gasteiger partial charge in [0.2, 0.25) is 11.8 Å². The van der Waals surface area contributed by atoms with Crippen molar-refractivity contribution in [2.75, 3.05) is 13.2 Å². The third-order valence-electron chi connectivity index (χ3n) is 7.24. The van der Waals surface area contributed by atoms with Crippen LogP contribution in [0.2, 0.25) is 0 Å². The van der Waals surface area contributed by atoms with Gasteiger partial charge >= 0.3 is 24.0 Å². The third-order valence-corrected chi connectivity index (χ3v) is 7.24. The summed E-state index contributed by atoms with van der Waals surface area (Å²) < 4.78 is 20.7. The van der Waals surface area contributed by atoms with Crippen LogP contribution in [0.3, 0.4) is 0 Å². The highest BCUT2D eigenvalue weighted by Crippen LogP contribution is 2.13. The lowest BCUT2D eigenvalue weighted by Crippen LogP contribution is -2.60. The molecule has 1 rings (SSSR count). The molecule has 17 heteroatoms. The zero-order valence-corrected chi connectivity index (χ0v) is 34.3. The van der Waals surface area contributed by atoms with Crippen LogP contribution in [0.4, 0.5) is 4.79 Å². The SMILES string of the molecule is CCOC(=O)/C=C/C(=O)N(CC(=O)OC(C)(C)C)NC(=O)[C@@H](NC(=O)[C@H](CCC(=O)OC(C)(C)C)NC(=O)[C@@H](NC(=O)OCc1ccccc1)C(C)C)C(C)C. The summed E-state index contributed by atoms with van der Waals surface area (Å²) in [7, 11) is 0. The highest BCUT2D eigenvalue weighted by Gasteiger charge is 2.34. The zero-order valence-electron chi connectivity index (χ0n) is 34.3. The number of rotatable bonds is 18. The third kappa shape index (κ3) is 19.7. The first-order valence-electron chi connectivity index (χ1n) is 18.4. The van der Waals surface area contributed by atoms with Gasteiger partial charge < -0.3 is 34.9 Å². The van der Waals surface area contributed by atoms with E-state index in [9.17, 15) is 38.4 Å². The summed E-state index contributed by atoms with van der Waals surface area (Å²) >= 11 is 0. The first kappa shape index (κ1) is 48.5. The molecule has 0 bridgehead atoms. The Balaban J connectivity index is 3.33. The number of nitrogens with one attached hydrogen (secondary N) is 4. The quantitative estimate of drug-likeness (QED) is 0.0729. The van der Waals surface area contributed by atoms with E-state index in [0.29, 0.717) is 5.01 Å². The number of ether oxygens (including phenoxy) is 4. The first-order chi connectivity index (χ1) is 25.9. The Bertz CT molecular complexity index is 1550. The summed E-state index contributed by atoms with van der Waals surface area (Å²) in [6, 6.07) is 4.94. The van der Waals surface area contributed by atoms with Crippen LogP contribution in [0, 0.1) is 11.8 Å². The van der Waals surface area contributed by atoms with Gasteiger partial charge in [-0.05, 0) is 72.3 Å². The van der Waals surface area contributed by atoms with E-state index in [1.807, 2.05) is 6.07 Å². The van der Waals surface area contributed by atoms with Crippen molar-refractivity contribution in [1.29, 1.82) is 0 Å². The predicted octanol–water partition coefficient (Wildman–Crippen LogP) is 3.01. The molecular formula is C39H59N5O12. The average Bonchev–Trinajstić information content (AvgIpc) is 3.07. The highest BCUT2D eigenvalue weighted by molar-refractivity contribution is 5.98. The van der Waals surface area contributed by atoms with E-state index in [0.717, 1.165) is 17.7 Å². The summed E-state index contributed by atoms with van der Waals surface area (Å²) in [4.78, 5) is 104. The molecule has 0 saturated carbocycles. The second-order valence-corrected chi connectivity index (χ2v) is 15.4. The fourth-order valence-electron chi connectivity index (χ4n) is 4.70. The molecular weight excluding hydrogens is 730 g/mol. The monoisotopic (exact) mass is 789 g/mol. The number of nitrogens with zero attached hydrogens (tertiary/aromatic N) is 1. The molecule has 0 spiro atoms. The van der Waals surface area contributed by atoms with Crippen LogP contribution in [-0.4, -0.2) is 95.1 Å². The Morgan fingerprint density at radius 3 is 1.79 bits per heavy atom. The molecule has 1 aromatic carbocycles. The fraction of sp³-hybridized carbons (Fsp3) is 0.590. The molecule has 17 nitrogen and oxygen atoms in total. The predicted molar refractivity (Wildman–Crippen MR) is 204 cm³/mol. The van der Waals surface area contributed by atoms with Gasteiger partial charge in [-0.1, -0.05) is 58.0 Å². The molecule has 0 aliphatic carbocycles. The van der Waals surface area contributed by atoms with Gasteiger partial charge in [-0.3, -0.25) is 34.2 Å². The number of amides is 5. The molecule has 0 saturated heterocycles. The number of hydrogen-bond donors (Lipinski definition) is 4. The summed E-state index contributed by atoms with van der Waals surface area (Å²) in [5, 5.41) is 8.29. The van der Waals surface area contributed by atoms with Crippen molar-refractivity contribution < 1.29 is 57.3 Å². The normalized spacial score (nSPS) is 13.2. The molecule has 0 fully saturated rings. The van der Waals surface area contributed by atoms with Gasteiger partial charge in [0.1, 0.15) is 42.5 Å². The lowest BCUT2D eigenvalue weighted by atomic mass is 10.0. The van der Waals surface area contributed by atoms with E-state index in [1.165, 1.54) is 0 Å². The van der Waals surface area contributed by atoms with Crippen LogP contribution in [-0.2, 0) is 59.1 Å². The molecule has 312 valence electrons. The minimum absolute atomic E-state index is 0.0423. The van der Waals surface area contributed by atoms with Crippen LogP contribution in [0.5, 0.6) is 0 Å². The number of alkyl carbamates (subject to hydrolysis) is 1. The molecule has 0 aliphatic rings. The van der Waals surface area contributed by atoms with Gasteiger partial charge in [-0.25, -0.2) is 14.6 Å². The summed E-state index contributed by atoms with van der Waals surface area (Å²) in [6.45, 7) is 17.2. The van der Waals surface area contributed by atoms with Gasteiger partial charge in [0.25, 0.3) is 11.8 Å². The second kappa shape index (κ2) is 22.8. The van der Waals surface area contributed by atoms with E-state index in [2.05, 4.69) is 21.4 Å². The largest absolute Gasteiger partial charge is 0.463 e. The van der Waals surface area contributed by atoms with E-state index in [1.54, 1.807) is 100 Å². The van der Waals surface area contributed by atoms with Crippen LogP contribution in [0.15, 0.2) is 42.5 Å². The maximum atomic E-state index is 13.9. The molecule has 3 atom stereocenters. The van der Waals surface area contributed by atoms with Crippen LogP contribution < -0.4 is 21.4 Å². The number of hydrazine groups is 1. The molecule has 0 aliphatic heterocycles. The Kier molecular flexibility index (Phi) is 19.8. The number of carbonyl (C=O) groups excluding carboxylic acids is 8. The molecule has 5 amide bonds. The lowest BCUT2D eigenvalue weighted by molar-refractivity contribution is -0.160. The Morgan fingerprint density at radius 1 is 0.696 bits per heavy atom. The smallest absolute Gasteiger partial charge is 0.408 e. The van der Waals surface area contributed by atoms with E-state index in [-0.39, 0.29) is 26.1 Å². The van der Waals surface area contributed by atoms with E-state index >= 15 is 0 Å². The standard InChI is InChI=1S/C39H59N5O12/c1-12-53-29(46)21-19-28(45)44(22-31(48)56-39(9,10)11)43-36(51)33(25(4)5)41-34(49)27(18-20-30(47)55-38(6,7)8)40-35(50)32(24(2)3)42-37(52)54-23-26-16-14-13-15-17-26/h13-17,19,21,24-25,27,32-33H,12,18,20,22-23H2,1-11H3,(H,40,50)(H,41,49)(H,42,52)(H,43,51)/b21-19+/t27-,32-,33-/m0/s1. The van der Waals surface area contributed by atoms with Crippen LogP contribution in [0.25, 0.3) is 0 Å². The molecule has 4 N–H and O–H groups in total. The molecule has 0 heterocycles. The minimum atomic E-state index is -1.42. The van der Waals surface area contributed by atoms with Crippen molar-refractivity contribution in [3.05, 3.63) is 48.0 Å². The van der Waals surface area contributed by atoms with Crippen molar-refractivity contribution in [3.63, 3.8) is 0 Å². The van der Waals surface area contributed by atoms with Crippen LogP contribution in [0.1, 0.15) is 94.6 Å². The fourth-order valence-corrected chi connectivity index (χ4v) is 4.70. The van der Waals surface area contributed by atoms with E-state index in [4.69, 9.17) is 18.9 Å². The summed E-state index contributed by atoms with van der Waals surface area (Å²) in [6.07, 6.45) is 0.172. The van der Waals surface area contributed by atoms with Crippen molar-refractivity contribution in [2.45, 2.75) is 125 Å². The summed E-state index contributed by atoms with van der Waals surface area (Å²) in [5.41, 5.74) is 1.27. The average molecular weight is 790 g/mol. The van der Waals surface area contributed by atoms with Crippen molar-refractivity contribution in [3.8, 4) is 0 Å². The number of benzene rings is 1. The van der Waals surface area contributed by atoms with Gasteiger partial charge in [0.05, 0.1) is 6.61 Å². The van der Waals surface area contributed by atoms with Gasteiger partial charge in [0, 0.05) is 18.6 Å². The Hall–Kier alpha value is -5.48. The number of carbonyl (C=O) groups is 8. The van der Waals surface area contributed by atoms with Gasteiger partial charge in [-0.2, -0.15) is 0 Å². The van der Waals surface area contributed by atoms with Crippen LogP contribution >= 0.6 is 0 Å². The van der Waals surface area contributed by atoms with E-state index < -0.39 is 95.3 Å². The molecule has 56 heavy (non-hydrogen) atoms.